The first-order chi connectivity index (χ1) is 12.2. The molecule has 25 heavy (non-hydrogen) atoms. The Hall–Kier alpha value is -2.72. The van der Waals surface area contributed by atoms with Crippen LogP contribution < -0.4 is 0 Å². The molecule has 0 aliphatic heterocycles. The Balaban J connectivity index is 1.79. The first-order valence-corrected chi connectivity index (χ1v) is 9.31. The lowest BCUT2D eigenvalue weighted by atomic mass is 10.1. The second-order valence-electron chi connectivity index (χ2n) is 5.84. The second-order valence-corrected chi connectivity index (χ2v) is 6.72. The molecular weight excluding hydrogens is 326 g/mol. The highest BCUT2D eigenvalue weighted by Gasteiger charge is 2.09. The van der Waals surface area contributed by atoms with E-state index in [1.54, 1.807) is 11.8 Å². The van der Waals surface area contributed by atoms with E-state index in [4.69, 9.17) is 4.98 Å². The van der Waals surface area contributed by atoms with Gasteiger partial charge in [0.25, 0.3) is 0 Å². The molecule has 0 fully saturated rings. The molecular formula is C21H17N3S. The molecule has 4 aromatic rings. The van der Waals surface area contributed by atoms with Crippen LogP contribution in [0.2, 0.25) is 0 Å². The fourth-order valence-corrected chi connectivity index (χ4v) is 3.20. The first-order valence-electron chi connectivity index (χ1n) is 8.09. The minimum Gasteiger partial charge on any atom is -0.244 e. The molecule has 0 aliphatic rings. The normalized spacial score (nSPS) is 11.0. The van der Waals surface area contributed by atoms with Gasteiger partial charge in [0.05, 0.1) is 11.2 Å². The van der Waals surface area contributed by atoms with Gasteiger partial charge in [0.15, 0.2) is 5.82 Å². The van der Waals surface area contributed by atoms with Crippen molar-refractivity contribution in [3.8, 4) is 22.8 Å². The molecule has 0 saturated heterocycles. The van der Waals surface area contributed by atoms with E-state index < -0.39 is 0 Å². The highest BCUT2D eigenvalue weighted by atomic mass is 32.2. The van der Waals surface area contributed by atoms with Crippen molar-refractivity contribution in [1.29, 1.82) is 0 Å². The molecule has 0 radical (unpaired) electrons. The molecule has 0 bridgehead atoms. The van der Waals surface area contributed by atoms with Crippen LogP contribution in [-0.2, 0) is 0 Å². The maximum absolute atomic E-state index is 4.84. The van der Waals surface area contributed by atoms with Crippen LogP contribution in [0.25, 0.3) is 33.7 Å². The summed E-state index contributed by atoms with van der Waals surface area (Å²) in [6, 6.07) is 20.5. The van der Waals surface area contributed by atoms with Crippen molar-refractivity contribution in [2.45, 2.75) is 11.8 Å². The van der Waals surface area contributed by atoms with E-state index in [1.807, 2.05) is 36.5 Å². The van der Waals surface area contributed by atoms with Gasteiger partial charge in [-0.15, -0.1) is 11.8 Å². The maximum atomic E-state index is 4.84. The van der Waals surface area contributed by atoms with Gasteiger partial charge in [0, 0.05) is 22.0 Å². The van der Waals surface area contributed by atoms with E-state index >= 15 is 0 Å². The third-order valence-corrected chi connectivity index (χ3v) is 4.92. The van der Waals surface area contributed by atoms with E-state index in [1.165, 1.54) is 4.90 Å². The number of benzene rings is 2. The third-order valence-electron chi connectivity index (χ3n) is 4.18. The summed E-state index contributed by atoms with van der Waals surface area (Å²) >= 11 is 1.74. The van der Waals surface area contributed by atoms with Gasteiger partial charge in [-0.1, -0.05) is 36.4 Å². The number of rotatable bonds is 3. The van der Waals surface area contributed by atoms with Crippen molar-refractivity contribution in [1.82, 2.24) is 15.0 Å². The van der Waals surface area contributed by atoms with Crippen LogP contribution in [0.15, 0.2) is 71.8 Å². The topological polar surface area (TPSA) is 38.7 Å². The van der Waals surface area contributed by atoms with E-state index in [2.05, 4.69) is 53.5 Å². The molecule has 2 heterocycles. The molecule has 4 heteroatoms. The summed E-state index contributed by atoms with van der Waals surface area (Å²) < 4.78 is 0. The average molecular weight is 343 g/mol. The van der Waals surface area contributed by atoms with Gasteiger partial charge in [-0.2, -0.15) is 0 Å². The summed E-state index contributed by atoms with van der Waals surface area (Å²) in [5.74, 6) is 0.653. The number of aromatic nitrogens is 3. The minimum absolute atomic E-state index is 0.653. The Morgan fingerprint density at radius 1 is 0.840 bits per heavy atom. The van der Waals surface area contributed by atoms with Gasteiger partial charge in [0.2, 0.25) is 0 Å². The molecule has 3 nitrogen and oxygen atoms in total. The number of aryl methyl sites for hydroxylation is 1. The van der Waals surface area contributed by atoms with Crippen LogP contribution in [0.5, 0.6) is 0 Å². The van der Waals surface area contributed by atoms with E-state index in [-0.39, 0.29) is 0 Å². The van der Waals surface area contributed by atoms with Crippen LogP contribution in [0, 0.1) is 6.92 Å². The zero-order valence-corrected chi connectivity index (χ0v) is 14.9. The van der Waals surface area contributed by atoms with Crippen molar-refractivity contribution < 1.29 is 0 Å². The smallest absolute Gasteiger partial charge is 0.178 e. The third kappa shape index (κ3) is 3.13. The first kappa shape index (κ1) is 15.8. The number of hydrogen-bond donors (Lipinski definition) is 0. The number of pyridine rings is 1. The van der Waals surface area contributed by atoms with Crippen LogP contribution in [-0.4, -0.2) is 21.2 Å². The molecule has 0 N–H and O–H groups in total. The number of nitrogens with zero attached hydrogens (tertiary/aromatic N) is 3. The van der Waals surface area contributed by atoms with E-state index in [0.29, 0.717) is 5.82 Å². The second kappa shape index (κ2) is 6.65. The largest absolute Gasteiger partial charge is 0.244 e. The van der Waals surface area contributed by atoms with Gasteiger partial charge in [-0.05, 0) is 43.0 Å². The molecule has 0 aliphatic carbocycles. The molecule has 0 amide bonds. The molecule has 0 atom stereocenters. The van der Waals surface area contributed by atoms with Crippen molar-refractivity contribution in [2.75, 3.05) is 6.26 Å². The van der Waals surface area contributed by atoms with Crippen LogP contribution in [0.3, 0.4) is 0 Å². The summed E-state index contributed by atoms with van der Waals surface area (Å²) in [5, 5.41) is 1.03. The molecule has 2 aromatic heterocycles. The van der Waals surface area contributed by atoms with Crippen molar-refractivity contribution in [3.63, 3.8) is 0 Å². The van der Waals surface area contributed by atoms with E-state index in [0.717, 1.165) is 33.4 Å². The molecule has 0 spiro atoms. The summed E-state index contributed by atoms with van der Waals surface area (Å²) in [6.07, 6.45) is 3.93. The van der Waals surface area contributed by atoms with Gasteiger partial charge in [-0.3, -0.25) is 0 Å². The quantitative estimate of drug-likeness (QED) is 0.468. The molecule has 4 rings (SSSR count). The zero-order chi connectivity index (χ0) is 17.2. The Morgan fingerprint density at radius 3 is 2.44 bits per heavy atom. The summed E-state index contributed by atoms with van der Waals surface area (Å²) in [4.78, 5) is 15.2. The van der Waals surface area contributed by atoms with Crippen molar-refractivity contribution in [2.24, 2.45) is 0 Å². The number of hydrogen-bond acceptors (Lipinski definition) is 4. The summed E-state index contributed by atoms with van der Waals surface area (Å²) in [7, 11) is 0. The molecule has 2 aromatic carbocycles. The Bertz CT molecular complexity index is 1040. The van der Waals surface area contributed by atoms with E-state index in [9.17, 15) is 0 Å². The fourth-order valence-electron chi connectivity index (χ4n) is 2.79. The average Bonchev–Trinajstić information content (AvgIpc) is 2.68. The van der Waals surface area contributed by atoms with Crippen molar-refractivity contribution >= 4 is 22.7 Å². The highest BCUT2D eigenvalue weighted by molar-refractivity contribution is 7.98. The van der Waals surface area contributed by atoms with Crippen molar-refractivity contribution in [3.05, 3.63) is 72.4 Å². The predicted molar refractivity (Wildman–Crippen MR) is 105 cm³/mol. The Morgan fingerprint density at radius 2 is 1.64 bits per heavy atom. The Kier molecular flexibility index (Phi) is 4.20. The summed E-state index contributed by atoms with van der Waals surface area (Å²) in [6.45, 7) is 2.08. The number of para-hydroxylation sites is 1. The molecule has 0 unspecified atom stereocenters. The zero-order valence-electron chi connectivity index (χ0n) is 14.1. The van der Waals surface area contributed by atoms with Gasteiger partial charge in [-0.25, -0.2) is 15.0 Å². The predicted octanol–water partition coefficient (Wildman–Crippen LogP) is 5.39. The standard InChI is InChI=1S/C21H17N3S/c1-14-7-12-19(21-22-13-16-5-3-4-6-18(16)24-21)23-20(14)15-8-10-17(25-2)11-9-15/h3-13H,1-2H3. The lowest BCUT2D eigenvalue weighted by molar-refractivity contribution is 1.17. The van der Waals surface area contributed by atoms with Gasteiger partial charge < -0.3 is 0 Å². The highest BCUT2D eigenvalue weighted by Crippen LogP contribution is 2.27. The number of fused-ring (bicyclic) bond motifs is 1. The lowest BCUT2D eigenvalue weighted by Crippen LogP contribution is -1.96. The fraction of sp³-hybridized carbons (Fsp3) is 0.0952. The van der Waals surface area contributed by atoms with Crippen LogP contribution in [0.1, 0.15) is 5.56 Å². The molecule has 122 valence electrons. The monoisotopic (exact) mass is 343 g/mol. The van der Waals surface area contributed by atoms with Crippen LogP contribution >= 0.6 is 11.8 Å². The van der Waals surface area contributed by atoms with Gasteiger partial charge >= 0.3 is 0 Å². The SMILES string of the molecule is CSc1ccc(-c2nc(-c3ncc4ccccc4n3)ccc2C)cc1. The number of thioether (sulfide) groups is 1. The Labute approximate surface area is 151 Å². The van der Waals surface area contributed by atoms with Crippen LogP contribution in [0.4, 0.5) is 0 Å². The lowest BCUT2D eigenvalue weighted by Gasteiger charge is -2.09. The maximum Gasteiger partial charge on any atom is 0.178 e. The minimum atomic E-state index is 0.653. The molecule has 0 saturated carbocycles. The van der Waals surface area contributed by atoms with Gasteiger partial charge in [0.1, 0.15) is 5.69 Å². The summed E-state index contributed by atoms with van der Waals surface area (Å²) in [5.41, 5.74) is 4.95.